The number of carbonyl (C=O) groups excluding carboxylic acids is 1. The molecule has 1 aromatic carbocycles. The average Bonchev–Trinajstić information content (AvgIpc) is 2.74. The second-order valence-corrected chi connectivity index (χ2v) is 4.18. The van der Waals surface area contributed by atoms with Crippen LogP contribution in [0.3, 0.4) is 0 Å². The second kappa shape index (κ2) is 5.14. The number of nitrogens with one attached hydrogen (secondary N) is 1. The van der Waals surface area contributed by atoms with Gasteiger partial charge in [0.05, 0.1) is 0 Å². The van der Waals surface area contributed by atoms with Crippen LogP contribution in [0.4, 0.5) is 9.18 Å². The Morgan fingerprint density at radius 2 is 2.41 bits per heavy atom. The van der Waals surface area contributed by atoms with Gasteiger partial charge in [0.25, 0.3) is 0 Å². The molecule has 1 aliphatic rings. The molecule has 92 valence electrons. The van der Waals surface area contributed by atoms with Crippen LogP contribution < -0.4 is 15.8 Å². The number of hydrogen-bond acceptors (Lipinski definition) is 3. The van der Waals surface area contributed by atoms with Crippen LogP contribution in [0.25, 0.3) is 0 Å². The number of primary amides is 1. The predicted molar refractivity (Wildman–Crippen MR) is 61.3 cm³/mol. The largest absolute Gasteiger partial charge is 0.410 e. The van der Waals surface area contributed by atoms with Crippen LogP contribution in [0.15, 0.2) is 18.2 Å². The first-order chi connectivity index (χ1) is 8.15. The summed E-state index contributed by atoms with van der Waals surface area (Å²) in [5, 5.41) is 3.34. The fourth-order valence-electron chi connectivity index (χ4n) is 2.08. The molecule has 17 heavy (non-hydrogen) atoms. The van der Waals surface area contributed by atoms with Crippen LogP contribution >= 0.6 is 0 Å². The highest BCUT2D eigenvalue weighted by molar-refractivity contribution is 5.68. The van der Waals surface area contributed by atoms with Crippen LogP contribution in [0.1, 0.15) is 18.4 Å². The van der Waals surface area contributed by atoms with Gasteiger partial charge in [0.1, 0.15) is 0 Å². The standard InChI is InChI=1S/C12H15FN2O2/c13-10-7-8(6-9-2-1-5-15-9)3-4-11(10)17-12(14)16/h3-4,7,9,15H,1-2,5-6H2,(H2,14,16)/t9-/m1/s1. The van der Waals surface area contributed by atoms with E-state index < -0.39 is 11.9 Å². The van der Waals surface area contributed by atoms with Crippen molar-refractivity contribution in [2.24, 2.45) is 5.73 Å². The number of benzene rings is 1. The van der Waals surface area contributed by atoms with Gasteiger partial charge in [-0.1, -0.05) is 6.07 Å². The molecule has 1 amide bonds. The monoisotopic (exact) mass is 238 g/mol. The molecule has 0 spiro atoms. The Balaban J connectivity index is 2.04. The summed E-state index contributed by atoms with van der Waals surface area (Å²) in [7, 11) is 0. The molecule has 1 heterocycles. The van der Waals surface area contributed by atoms with Crippen molar-refractivity contribution in [2.75, 3.05) is 6.54 Å². The summed E-state index contributed by atoms with van der Waals surface area (Å²) in [4.78, 5) is 10.5. The lowest BCUT2D eigenvalue weighted by Crippen LogP contribution is -2.23. The van der Waals surface area contributed by atoms with Crippen LogP contribution in [-0.2, 0) is 6.42 Å². The lowest BCUT2D eigenvalue weighted by molar-refractivity contribution is 0.208. The van der Waals surface area contributed by atoms with E-state index in [1.807, 2.05) is 0 Å². The van der Waals surface area contributed by atoms with Gasteiger partial charge in [-0.3, -0.25) is 0 Å². The fourth-order valence-corrected chi connectivity index (χ4v) is 2.08. The van der Waals surface area contributed by atoms with Crippen LogP contribution in [0, 0.1) is 5.82 Å². The molecule has 1 aromatic rings. The van der Waals surface area contributed by atoms with Crippen LogP contribution in [0.5, 0.6) is 5.75 Å². The third kappa shape index (κ3) is 3.17. The van der Waals surface area contributed by atoms with Crippen molar-refractivity contribution in [3.63, 3.8) is 0 Å². The zero-order valence-corrected chi connectivity index (χ0v) is 9.41. The highest BCUT2D eigenvalue weighted by atomic mass is 19.1. The zero-order valence-electron chi connectivity index (χ0n) is 9.41. The molecule has 1 saturated heterocycles. The van der Waals surface area contributed by atoms with Crippen molar-refractivity contribution in [2.45, 2.75) is 25.3 Å². The lowest BCUT2D eigenvalue weighted by atomic mass is 10.0. The number of carbonyl (C=O) groups is 1. The number of hydrogen-bond donors (Lipinski definition) is 2. The molecule has 2 rings (SSSR count). The Hall–Kier alpha value is -1.62. The number of amides is 1. The first-order valence-electron chi connectivity index (χ1n) is 5.64. The molecular weight excluding hydrogens is 223 g/mol. The lowest BCUT2D eigenvalue weighted by Gasteiger charge is -2.11. The molecule has 4 nitrogen and oxygen atoms in total. The normalized spacial score (nSPS) is 19.2. The van der Waals surface area contributed by atoms with E-state index in [0.717, 1.165) is 31.4 Å². The molecule has 0 aromatic heterocycles. The minimum atomic E-state index is -1.01. The highest BCUT2D eigenvalue weighted by Crippen LogP contribution is 2.20. The van der Waals surface area contributed by atoms with Crippen molar-refractivity contribution in [1.29, 1.82) is 0 Å². The molecule has 1 atom stereocenters. The summed E-state index contributed by atoms with van der Waals surface area (Å²) >= 11 is 0. The highest BCUT2D eigenvalue weighted by Gasteiger charge is 2.15. The van der Waals surface area contributed by atoms with Crippen molar-refractivity contribution >= 4 is 6.09 Å². The minimum absolute atomic E-state index is 0.124. The van der Waals surface area contributed by atoms with Gasteiger partial charge in [0, 0.05) is 6.04 Å². The van der Waals surface area contributed by atoms with Gasteiger partial charge >= 0.3 is 6.09 Å². The topological polar surface area (TPSA) is 64.4 Å². The summed E-state index contributed by atoms with van der Waals surface area (Å²) in [5.41, 5.74) is 5.71. The van der Waals surface area contributed by atoms with E-state index in [4.69, 9.17) is 5.73 Å². The summed E-state index contributed by atoms with van der Waals surface area (Å²) in [6, 6.07) is 4.99. The molecule has 0 saturated carbocycles. The molecule has 3 N–H and O–H groups in total. The third-order valence-electron chi connectivity index (χ3n) is 2.85. The second-order valence-electron chi connectivity index (χ2n) is 4.18. The van der Waals surface area contributed by atoms with Gasteiger partial charge in [0.15, 0.2) is 11.6 Å². The molecule has 0 unspecified atom stereocenters. The Morgan fingerprint density at radius 1 is 1.59 bits per heavy atom. The minimum Gasteiger partial charge on any atom is -0.407 e. The third-order valence-corrected chi connectivity index (χ3v) is 2.85. The van der Waals surface area contributed by atoms with Gasteiger partial charge in [-0.25, -0.2) is 9.18 Å². The Labute approximate surface area is 98.9 Å². The first kappa shape index (κ1) is 11.9. The van der Waals surface area contributed by atoms with E-state index in [1.54, 1.807) is 6.07 Å². The maximum atomic E-state index is 13.5. The summed E-state index contributed by atoms with van der Waals surface area (Å²) in [6.07, 6.45) is 2.06. The quantitative estimate of drug-likeness (QED) is 0.840. The van der Waals surface area contributed by atoms with Gasteiger partial charge in [-0.2, -0.15) is 0 Å². The molecule has 1 fully saturated rings. The molecule has 0 aliphatic carbocycles. The van der Waals surface area contributed by atoms with Crippen LogP contribution in [0.2, 0.25) is 0 Å². The van der Waals surface area contributed by atoms with Gasteiger partial charge in [-0.15, -0.1) is 0 Å². The summed E-state index contributed by atoms with van der Waals surface area (Å²) in [5.74, 6) is -0.681. The maximum Gasteiger partial charge on any atom is 0.410 e. The van der Waals surface area contributed by atoms with Gasteiger partial charge in [-0.05, 0) is 43.5 Å². The van der Waals surface area contributed by atoms with Gasteiger partial charge < -0.3 is 15.8 Å². The van der Waals surface area contributed by atoms with Gasteiger partial charge in [0.2, 0.25) is 0 Å². The van der Waals surface area contributed by atoms with Crippen LogP contribution in [-0.4, -0.2) is 18.7 Å². The average molecular weight is 238 g/mol. The molecular formula is C12H15FN2O2. The van der Waals surface area contributed by atoms with E-state index in [0.29, 0.717) is 6.04 Å². The van der Waals surface area contributed by atoms with Crippen molar-refractivity contribution in [3.8, 4) is 5.75 Å². The Bertz CT molecular complexity index is 417. The van der Waals surface area contributed by atoms with Crippen molar-refractivity contribution in [1.82, 2.24) is 5.32 Å². The summed E-state index contributed by atoms with van der Waals surface area (Å²) < 4.78 is 18.0. The Kier molecular flexibility index (Phi) is 3.58. The first-order valence-corrected chi connectivity index (χ1v) is 5.64. The number of ether oxygens (including phenoxy) is 1. The van der Waals surface area contributed by atoms with E-state index in [2.05, 4.69) is 10.1 Å². The smallest absolute Gasteiger partial charge is 0.407 e. The number of halogens is 1. The maximum absolute atomic E-state index is 13.5. The van der Waals surface area contributed by atoms with E-state index in [1.165, 1.54) is 12.1 Å². The van der Waals surface area contributed by atoms with Crippen molar-refractivity contribution in [3.05, 3.63) is 29.6 Å². The SMILES string of the molecule is NC(=O)Oc1ccc(C[C@H]2CCCN2)cc1F. The number of nitrogens with two attached hydrogens (primary N) is 1. The molecule has 1 aliphatic heterocycles. The van der Waals surface area contributed by atoms with Crippen molar-refractivity contribution < 1.29 is 13.9 Å². The zero-order chi connectivity index (χ0) is 12.3. The van der Waals surface area contributed by atoms with E-state index >= 15 is 0 Å². The molecule has 0 bridgehead atoms. The molecule has 5 heteroatoms. The number of rotatable bonds is 3. The van der Waals surface area contributed by atoms with E-state index in [-0.39, 0.29) is 5.75 Å². The summed E-state index contributed by atoms with van der Waals surface area (Å²) in [6.45, 7) is 1.02. The molecule has 0 radical (unpaired) electrons. The Morgan fingerprint density at radius 3 is 3.00 bits per heavy atom. The fraction of sp³-hybridized carbons (Fsp3) is 0.417. The predicted octanol–water partition coefficient (Wildman–Crippen LogP) is 1.58. The van der Waals surface area contributed by atoms with E-state index in [9.17, 15) is 9.18 Å².